The number of aromatic nitrogens is 1. The van der Waals surface area contributed by atoms with Gasteiger partial charge in [0.05, 0.1) is 0 Å². The van der Waals surface area contributed by atoms with Gasteiger partial charge in [0.15, 0.2) is 5.78 Å². The number of hydrogen-bond donors (Lipinski definition) is 2. The number of fused-ring (bicyclic) bond motifs is 2. The number of Topliss-reactive ketones (excluding diaryl/α,β-unsaturated/α-hetero) is 1. The molecule has 2 aromatic carbocycles. The van der Waals surface area contributed by atoms with Crippen LogP contribution in [0.4, 0.5) is 10.5 Å². The molecule has 0 spiro atoms. The van der Waals surface area contributed by atoms with Crippen molar-refractivity contribution in [2.24, 2.45) is 0 Å². The lowest BCUT2D eigenvalue weighted by molar-refractivity contribution is 0.101. The zero-order valence-electron chi connectivity index (χ0n) is 18.3. The molecule has 0 aliphatic heterocycles. The number of carbonyl (C=O) groups excluding carboxylic acids is 2. The van der Waals surface area contributed by atoms with Crippen molar-refractivity contribution < 1.29 is 18.0 Å². The standard InChI is InChI=1S/C25H25N3O4S/c1-16(29)22-14-28(15-23(22)17-7-3-2-4-8-17)33(31,32)27-25(30)26-24-20-11-5-9-18(20)13-19-10-6-12-21(19)24/h2-4,7-8,13-15H,5-6,9-12H2,1H3,(H2,26,27,30). The molecule has 1 heterocycles. The lowest BCUT2D eigenvalue weighted by Crippen LogP contribution is -2.38. The van der Waals surface area contributed by atoms with Crippen LogP contribution in [0.2, 0.25) is 0 Å². The van der Waals surface area contributed by atoms with Gasteiger partial charge in [0.25, 0.3) is 0 Å². The summed E-state index contributed by atoms with van der Waals surface area (Å²) in [5, 5.41) is 2.83. The monoisotopic (exact) mass is 463 g/mol. The largest absolute Gasteiger partial charge is 0.334 e. The molecule has 0 atom stereocenters. The fourth-order valence-electron chi connectivity index (χ4n) is 4.97. The number of carbonyl (C=O) groups is 2. The van der Waals surface area contributed by atoms with Crippen LogP contribution in [0.5, 0.6) is 0 Å². The molecule has 2 N–H and O–H groups in total. The van der Waals surface area contributed by atoms with E-state index < -0.39 is 16.2 Å². The molecule has 2 aliphatic carbocycles. The third-order valence-corrected chi connectivity index (χ3v) is 7.69. The van der Waals surface area contributed by atoms with Crippen LogP contribution in [-0.4, -0.2) is 24.2 Å². The number of ketones is 1. The van der Waals surface area contributed by atoms with E-state index in [4.69, 9.17) is 0 Å². The Balaban J connectivity index is 1.43. The molecular formula is C25H25N3O4S. The summed E-state index contributed by atoms with van der Waals surface area (Å²) >= 11 is 0. The number of nitrogens with one attached hydrogen (secondary N) is 2. The van der Waals surface area contributed by atoms with Gasteiger partial charge < -0.3 is 5.32 Å². The number of rotatable bonds is 5. The fourth-order valence-corrected chi connectivity index (χ4v) is 5.85. The van der Waals surface area contributed by atoms with Gasteiger partial charge >= 0.3 is 16.2 Å². The van der Waals surface area contributed by atoms with Crippen LogP contribution >= 0.6 is 0 Å². The molecule has 0 bridgehead atoms. The lowest BCUT2D eigenvalue weighted by atomic mass is 9.99. The average Bonchev–Trinajstić information content (AvgIpc) is 3.52. The number of urea groups is 1. The summed E-state index contributed by atoms with van der Waals surface area (Å²) in [4.78, 5) is 25.0. The first-order valence-corrected chi connectivity index (χ1v) is 12.6. The van der Waals surface area contributed by atoms with Gasteiger partial charge in [-0.1, -0.05) is 36.4 Å². The summed E-state index contributed by atoms with van der Waals surface area (Å²) in [5.74, 6) is -0.261. The van der Waals surface area contributed by atoms with Crippen LogP contribution < -0.4 is 10.0 Å². The Morgan fingerprint density at radius 2 is 1.55 bits per heavy atom. The quantitative estimate of drug-likeness (QED) is 0.553. The molecule has 8 heteroatoms. The van der Waals surface area contributed by atoms with Gasteiger partial charge in [-0.05, 0) is 73.3 Å². The van der Waals surface area contributed by atoms with E-state index >= 15 is 0 Å². The zero-order chi connectivity index (χ0) is 23.2. The molecule has 0 radical (unpaired) electrons. The van der Waals surface area contributed by atoms with Crippen molar-refractivity contribution in [3.63, 3.8) is 0 Å². The van der Waals surface area contributed by atoms with Crippen molar-refractivity contribution in [3.8, 4) is 11.1 Å². The van der Waals surface area contributed by atoms with Crippen LogP contribution in [0.1, 0.15) is 52.4 Å². The highest BCUT2D eigenvalue weighted by atomic mass is 32.2. The Hall–Kier alpha value is -3.39. The number of aryl methyl sites for hydroxylation is 2. The van der Waals surface area contributed by atoms with Gasteiger partial charge in [0.1, 0.15) is 0 Å². The van der Waals surface area contributed by atoms with E-state index in [1.807, 2.05) is 18.2 Å². The third-order valence-electron chi connectivity index (χ3n) is 6.48. The molecular weight excluding hydrogens is 438 g/mol. The van der Waals surface area contributed by atoms with Gasteiger partial charge in [-0.2, -0.15) is 8.42 Å². The smallest absolute Gasteiger partial charge is 0.307 e. The summed E-state index contributed by atoms with van der Waals surface area (Å²) in [6.45, 7) is 1.38. The molecule has 0 saturated heterocycles. The molecule has 2 aliphatic rings. The molecule has 5 rings (SSSR count). The molecule has 33 heavy (non-hydrogen) atoms. The van der Waals surface area contributed by atoms with Gasteiger partial charge in [0, 0.05) is 29.2 Å². The van der Waals surface area contributed by atoms with Crippen molar-refractivity contribution in [3.05, 3.63) is 76.6 Å². The van der Waals surface area contributed by atoms with E-state index in [0.717, 1.165) is 64.9 Å². The van der Waals surface area contributed by atoms with Gasteiger partial charge in [-0.3, -0.25) is 4.79 Å². The highest BCUT2D eigenvalue weighted by Crippen LogP contribution is 2.38. The Morgan fingerprint density at radius 1 is 0.909 bits per heavy atom. The first-order valence-electron chi connectivity index (χ1n) is 11.1. The Bertz CT molecular complexity index is 1340. The molecule has 170 valence electrons. The summed E-state index contributed by atoms with van der Waals surface area (Å²) in [6.07, 6.45) is 8.40. The van der Waals surface area contributed by atoms with Crippen molar-refractivity contribution in [2.75, 3.05) is 5.32 Å². The first-order chi connectivity index (χ1) is 15.8. The topological polar surface area (TPSA) is 97.3 Å². The number of hydrogen-bond acceptors (Lipinski definition) is 4. The maximum atomic E-state index is 13.0. The van der Waals surface area contributed by atoms with E-state index in [9.17, 15) is 18.0 Å². The molecule has 0 saturated carbocycles. The Morgan fingerprint density at radius 3 is 2.15 bits per heavy atom. The van der Waals surface area contributed by atoms with Crippen LogP contribution in [0.3, 0.4) is 0 Å². The maximum absolute atomic E-state index is 13.0. The minimum atomic E-state index is -4.25. The fraction of sp³-hybridized carbons (Fsp3) is 0.280. The van der Waals surface area contributed by atoms with Crippen LogP contribution in [0.25, 0.3) is 11.1 Å². The van der Waals surface area contributed by atoms with Gasteiger partial charge in [-0.25, -0.2) is 13.5 Å². The summed E-state index contributed by atoms with van der Waals surface area (Å²) in [5.41, 5.74) is 6.99. The second kappa shape index (κ2) is 8.19. The van der Waals surface area contributed by atoms with E-state index in [1.54, 1.807) is 12.1 Å². The number of benzene rings is 2. The highest BCUT2D eigenvalue weighted by Gasteiger charge is 2.27. The molecule has 0 unspecified atom stereocenters. The van der Waals surface area contributed by atoms with Crippen molar-refractivity contribution in [2.45, 2.75) is 45.4 Å². The number of amides is 2. The predicted molar refractivity (Wildman–Crippen MR) is 127 cm³/mol. The van der Waals surface area contributed by atoms with Crippen LogP contribution in [-0.2, 0) is 35.9 Å². The number of anilines is 1. The Labute approximate surface area is 193 Å². The molecule has 0 fully saturated rings. The second-order valence-corrected chi connectivity index (χ2v) is 10.2. The number of nitrogens with zero attached hydrogens (tertiary/aromatic N) is 1. The predicted octanol–water partition coefficient (Wildman–Crippen LogP) is 4.25. The minimum absolute atomic E-state index is 0.261. The van der Waals surface area contributed by atoms with Gasteiger partial charge in [-0.15, -0.1) is 0 Å². The lowest BCUT2D eigenvalue weighted by Gasteiger charge is -2.16. The summed E-state index contributed by atoms with van der Waals surface area (Å²) in [6, 6.07) is 10.5. The van der Waals surface area contributed by atoms with Crippen LogP contribution in [0.15, 0.2) is 48.8 Å². The van der Waals surface area contributed by atoms with Crippen LogP contribution in [0, 0.1) is 0 Å². The van der Waals surface area contributed by atoms with Crippen molar-refractivity contribution in [1.82, 2.24) is 8.69 Å². The van der Waals surface area contributed by atoms with Crippen molar-refractivity contribution >= 4 is 27.7 Å². The minimum Gasteiger partial charge on any atom is -0.307 e. The first kappa shape index (κ1) is 21.5. The average molecular weight is 464 g/mol. The Kier molecular flexibility index (Phi) is 5.32. The maximum Gasteiger partial charge on any atom is 0.334 e. The molecule has 3 aromatic rings. The molecule has 1 aromatic heterocycles. The highest BCUT2D eigenvalue weighted by molar-refractivity contribution is 7.88. The summed E-state index contributed by atoms with van der Waals surface area (Å²) < 4.78 is 29.0. The second-order valence-electron chi connectivity index (χ2n) is 8.63. The summed E-state index contributed by atoms with van der Waals surface area (Å²) in [7, 11) is -4.25. The molecule has 7 nitrogen and oxygen atoms in total. The van der Waals surface area contributed by atoms with E-state index in [1.165, 1.54) is 30.4 Å². The zero-order valence-corrected chi connectivity index (χ0v) is 19.2. The SMILES string of the molecule is CC(=O)c1cn(S(=O)(=O)NC(=O)Nc2c3c(cc4c2CCC4)CCC3)cc1-c1ccccc1. The normalized spacial score (nSPS) is 14.6. The molecule has 2 amide bonds. The third kappa shape index (κ3) is 3.95. The van der Waals surface area contributed by atoms with Crippen molar-refractivity contribution in [1.29, 1.82) is 0 Å². The van der Waals surface area contributed by atoms with Gasteiger partial charge in [0.2, 0.25) is 0 Å². The van der Waals surface area contributed by atoms with E-state index in [2.05, 4.69) is 16.1 Å². The van der Waals surface area contributed by atoms with E-state index in [0.29, 0.717) is 5.56 Å². The van der Waals surface area contributed by atoms with E-state index in [-0.39, 0.29) is 11.3 Å².